The number of aliphatic hydroxyl groups is 1. The first-order valence-electron chi connectivity index (χ1n) is 7.94. The second-order valence-electron chi connectivity index (χ2n) is 6.14. The van der Waals surface area contributed by atoms with Crippen LogP contribution in [0.3, 0.4) is 0 Å². The maximum atomic E-state index is 12.4. The summed E-state index contributed by atoms with van der Waals surface area (Å²) in [5.41, 5.74) is 3.74. The summed E-state index contributed by atoms with van der Waals surface area (Å²) < 4.78 is 1.83. The number of aromatic nitrogens is 1. The average molecular weight is 320 g/mol. The van der Waals surface area contributed by atoms with Crippen LogP contribution in [0.2, 0.25) is 0 Å². The fraction of sp³-hybridized carbons (Fsp3) is 0.211. The van der Waals surface area contributed by atoms with Gasteiger partial charge in [0.25, 0.3) is 5.56 Å². The Morgan fingerprint density at radius 2 is 1.75 bits per heavy atom. The molecule has 1 aromatic heterocycles. The molecular formula is C19H16N2O3. The summed E-state index contributed by atoms with van der Waals surface area (Å²) in [6, 6.07) is 14.7. The van der Waals surface area contributed by atoms with Crippen LogP contribution in [0.5, 0.6) is 0 Å². The van der Waals surface area contributed by atoms with Crippen molar-refractivity contribution in [3.8, 4) is 11.1 Å². The van der Waals surface area contributed by atoms with E-state index in [9.17, 15) is 14.8 Å². The van der Waals surface area contributed by atoms with Gasteiger partial charge in [0.1, 0.15) is 5.69 Å². The molecule has 1 aliphatic rings. The Bertz CT molecular complexity index is 986. The van der Waals surface area contributed by atoms with E-state index in [-0.39, 0.29) is 18.2 Å². The molecule has 3 aromatic rings. The van der Waals surface area contributed by atoms with Crippen molar-refractivity contribution in [2.24, 2.45) is 5.18 Å². The van der Waals surface area contributed by atoms with Crippen LogP contribution in [0, 0.1) is 4.91 Å². The number of rotatable bonds is 4. The third kappa shape index (κ3) is 2.43. The van der Waals surface area contributed by atoms with Gasteiger partial charge in [-0.25, -0.2) is 0 Å². The zero-order valence-corrected chi connectivity index (χ0v) is 13.0. The van der Waals surface area contributed by atoms with Gasteiger partial charge in [0.05, 0.1) is 12.1 Å². The molecule has 0 unspecified atom stereocenters. The first kappa shape index (κ1) is 14.8. The Morgan fingerprint density at radius 1 is 1.04 bits per heavy atom. The van der Waals surface area contributed by atoms with E-state index in [0.717, 1.165) is 34.9 Å². The first-order valence-corrected chi connectivity index (χ1v) is 7.94. The molecule has 1 aliphatic carbocycles. The van der Waals surface area contributed by atoms with Gasteiger partial charge in [0, 0.05) is 17.5 Å². The number of hydrogen-bond acceptors (Lipinski definition) is 4. The maximum absolute atomic E-state index is 12.4. The lowest BCUT2D eigenvalue weighted by Crippen LogP contribution is -2.19. The molecule has 2 aromatic carbocycles. The number of hydrogen-bond donors (Lipinski definition) is 1. The van der Waals surface area contributed by atoms with Gasteiger partial charge < -0.3 is 9.67 Å². The van der Waals surface area contributed by atoms with Crippen LogP contribution < -0.4 is 5.56 Å². The Labute approximate surface area is 138 Å². The number of benzene rings is 2. The molecule has 1 N–H and O–H groups in total. The van der Waals surface area contributed by atoms with Crippen LogP contribution in [0.15, 0.2) is 58.5 Å². The Hall–Kier alpha value is -2.79. The van der Waals surface area contributed by atoms with E-state index < -0.39 is 0 Å². The SMILES string of the molecule is O=Nc1ccc(-c2ccc3c(CO)cc(=O)n(C4CC4)c3c2)cc1. The van der Waals surface area contributed by atoms with E-state index in [1.165, 1.54) is 6.07 Å². The van der Waals surface area contributed by atoms with Crippen LogP contribution in [-0.4, -0.2) is 9.67 Å². The molecule has 1 saturated carbocycles. The van der Waals surface area contributed by atoms with Gasteiger partial charge in [-0.05, 0) is 52.9 Å². The molecule has 0 aliphatic heterocycles. The Balaban J connectivity index is 1.94. The molecule has 1 fully saturated rings. The van der Waals surface area contributed by atoms with Gasteiger partial charge in [0.15, 0.2) is 0 Å². The summed E-state index contributed by atoms with van der Waals surface area (Å²) in [4.78, 5) is 23.0. The van der Waals surface area contributed by atoms with Gasteiger partial charge >= 0.3 is 0 Å². The van der Waals surface area contributed by atoms with Crippen molar-refractivity contribution in [3.05, 3.63) is 69.4 Å². The molecule has 0 bridgehead atoms. The molecule has 5 heteroatoms. The largest absolute Gasteiger partial charge is 0.392 e. The average Bonchev–Trinajstić information content (AvgIpc) is 3.45. The number of fused-ring (bicyclic) bond motifs is 1. The highest BCUT2D eigenvalue weighted by atomic mass is 16.3. The summed E-state index contributed by atoms with van der Waals surface area (Å²) in [7, 11) is 0. The summed E-state index contributed by atoms with van der Waals surface area (Å²) >= 11 is 0. The van der Waals surface area contributed by atoms with Crippen molar-refractivity contribution >= 4 is 16.6 Å². The van der Waals surface area contributed by atoms with Crippen LogP contribution >= 0.6 is 0 Å². The third-order valence-corrected chi connectivity index (χ3v) is 4.53. The molecule has 0 spiro atoms. The molecule has 0 amide bonds. The molecule has 120 valence electrons. The van der Waals surface area contributed by atoms with Crippen molar-refractivity contribution in [3.63, 3.8) is 0 Å². The lowest BCUT2D eigenvalue weighted by Gasteiger charge is -2.13. The van der Waals surface area contributed by atoms with Crippen LogP contribution in [0.25, 0.3) is 22.0 Å². The lowest BCUT2D eigenvalue weighted by atomic mass is 10.0. The second kappa shape index (κ2) is 5.69. The monoisotopic (exact) mass is 320 g/mol. The van der Waals surface area contributed by atoms with Crippen LogP contribution in [-0.2, 0) is 6.61 Å². The predicted octanol–water partition coefficient (Wildman–Crippen LogP) is 3.89. The highest BCUT2D eigenvalue weighted by molar-refractivity contribution is 5.87. The summed E-state index contributed by atoms with van der Waals surface area (Å²) in [5, 5.41) is 13.4. The lowest BCUT2D eigenvalue weighted by molar-refractivity contribution is 0.283. The van der Waals surface area contributed by atoms with Crippen LogP contribution in [0.4, 0.5) is 5.69 Å². The van der Waals surface area contributed by atoms with E-state index in [2.05, 4.69) is 5.18 Å². The second-order valence-corrected chi connectivity index (χ2v) is 6.14. The standard InChI is InChI=1S/C19H16N2O3/c22-11-14-10-19(23)21(16-6-7-16)18-9-13(3-8-17(14)18)12-1-4-15(20-24)5-2-12/h1-5,8-10,16,22H,6-7,11H2. The molecule has 4 rings (SSSR count). The third-order valence-electron chi connectivity index (χ3n) is 4.53. The number of pyridine rings is 1. The Morgan fingerprint density at radius 3 is 2.38 bits per heavy atom. The fourth-order valence-electron chi connectivity index (χ4n) is 3.15. The Kier molecular flexibility index (Phi) is 3.50. The molecule has 5 nitrogen and oxygen atoms in total. The van der Waals surface area contributed by atoms with Crippen molar-refractivity contribution in [2.45, 2.75) is 25.5 Å². The van der Waals surface area contributed by atoms with Gasteiger partial charge in [-0.3, -0.25) is 4.79 Å². The number of nitrogens with zero attached hydrogens (tertiary/aromatic N) is 2. The van der Waals surface area contributed by atoms with Crippen LogP contribution in [0.1, 0.15) is 24.4 Å². The normalized spacial score (nSPS) is 14.0. The van der Waals surface area contributed by atoms with Crippen molar-refractivity contribution < 1.29 is 5.11 Å². The van der Waals surface area contributed by atoms with E-state index in [4.69, 9.17) is 0 Å². The molecule has 0 radical (unpaired) electrons. The van der Waals surface area contributed by atoms with Gasteiger partial charge in [-0.1, -0.05) is 24.3 Å². The van der Waals surface area contributed by atoms with Crippen molar-refractivity contribution in [2.75, 3.05) is 0 Å². The van der Waals surface area contributed by atoms with Gasteiger partial charge in [-0.15, -0.1) is 4.91 Å². The molecule has 1 heterocycles. The van der Waals surface area contributed by atoms with E-state index in [1.54, 1.807) is 12.1 Å². The minimum absolute atomic E-state index is 0.0632. The van der Waals surface area contributed by atoms with Crippen molar-refractivity contribution in [1.29, 1.82) is 0 Å². The van der Waals surface area contributed by atoms with Gasteiger partial charge in [-0.2, -0.15) is 0 Å². The predicted molar refractivity (Wildman–Crippen MR) is 93.3 cm³/mol. The summed E-state index contributed by atoms with van der Waals surface area (Å²) in [5.74, 6) is 0. The highest BCUT2D eigenvalue weighted by Crippen LogP contribution is 2.37. The van der Waals surface area contributed by atoms with E-state index in [1.807, 2.05) is 34.9 Å². The number of nitroso groups, excluding NO2 is 1. The molecule has 0 saturated heterocycles. The fourth-order valence-corrected chi connectivity index (χ4v) is 3.15. The van der Waals surface area contributed by atoms with E-state index in [0.29, 0.717) is 11.3 Å². The maximum Gasteiger partial charge on any atom is 0.251 e. The van der Waals surface area contributed by atoms with Gasteiger partial charge in [0.2, 0.25) is 0 Å². The van der Waals surface area contributed by atoms with E-state index >= 15 is 0 Å². The zero-order chi connectivity index (χ0) is 16.7. The minimum Gasteiger partial charge on any atom is -0.392 e. The molecule has 0 atom stereocenters. The van der Waals surface area contributed by atoms with Crippen molar-refractivity contribution in [1.82, 2.24) is 4.57 Å². The molecular weight excluding hydrogens is 304 g/mol. The molecule has 24 heavy (non-hydrogen) atoms. The highest BCUT2D eigenvalue weighted by Gasteiger charge is 2.26. The quantitative estimate of drug-likeness (QED) is 0.741. The zero-order valence-electron chi connectivity index (χ0n) is 13.0. The minimum atomic E-state index is -0.156. The summed E-state index contributed by atoms with van der Waals surface area (Å²) in [6.07, 6.45) is 2.02. The summed E-state index contributed by atoms with van der Waals surface area (Å²) in [6.45, 7) is -0.156. The smallest absolute Gasteiger partial charge is 0.251 e. The topological polar surface area (TPSA) is 71.7 Å². The first-order chi connectivity index (χ1) is 11.7. The number of aliphatic hydroxyl groups excluding tert-OH is 1.